The molecular weight excluding hydrogens is 176 g/mol. The van der Waals surface area contributed by atoms with Crippen LogP contribution in [0.2, 0.25) is 0 Å². The highest BCUT2D eigenvalue weighted by Gasteiger charge is 2.32. The van der Waals surface area contributed by atoms with Crippen molar-refractivity contribution < 1.29 is 4.79 Å². The fourth-order valence-corrected chi connectivity index (χ4v) is 2.41. The maximum Gasteiger partial charge on any atom is 0.315 e. The van der Waals surface area contributed by atoms with Crippen molar-refractivity contribution >= 4 is 6.03 Å². The Bertz CT molecular complexity index is 194. The van der Waals surface area contributed by atoms with E-state index in [2.05, 4.69) is 24.5 Å². The molecule has 0 bridgehead atoms. The van der Waals surface area contributed by atoms with Gasteiger partial charge in [-0.1, -0.05) is 20.3 Å². The molecule has 3 atom stereocenters. The summed E-state index contributed by atoms with van der Waals surface area (Å²) in [6, 6.07) is 0.368. The smallest absolute Gasteiger partial charge is 0.315 e. The summed E-state index contributed by atoms with van der Waals surface area (Å²) < 4.78 is 0. The summed E-state index contributed by atoms with van der Waals surface area (Å²) in [6.45, 7) is 7.12. The molecule has 0 heterocycles. The van der Waals surface area contributed by atoms with Gasteiger partial charge in [0.1, 0.15) is 0 Å². The van der Waals surface area contributed by atoms with Crippen LogP contribution >= 0.6 is 0 Å². The molecule has 3 heteroatoms. The van der Waals surface area contributed by atoms with Gasteiger partial charge in [0.15, 0.2) is 0 Å². The normalized spacial score (nSPS) is 31.5. The minimum atomic E-state index is -0.0129. The van der Waals surface area contributed by atoms with Crippen LogP contribution in [-0.2, 0) is 0 Å². The molecule has 3 nitrogen and oxygen atoms in total. The molecule has 1 aliphatic rings. The number of hydrogen-bond acceptors (Lipinski definition) is 1. The molecule has 82 valence electrons. The predicted molar refractivity (Wildman–Crippen MR) is 58.2 cm³/mol. The minimum Gasteiger partial charge on any atom is -0.338 e. The first kappa shape index (κ1) is 11.3. The van der Waals surface area contributed by atoms with E-state index >= 15 is 0 Å². The van der Waals surface area contributed by atoms with Crippen molar-refractivity contribution in [3.63, 3.8) is 0 Å². The number of nitrogens with one attached hydrogen (secondary N) is 2. The highest BCUT2D eigenvalue weighted by molar-refractivity contribution is 5.74. The highest BCUT2D eigenvalue weighted by Crippen LogP contribution is 2.33. The van der Waals surface area contributed by atoms with E-state index < -0.39 is 0 Å². The van der Waals surface area contributed by atoms with Crippen molar-refractivity contribution in [2.45, 2.75) is 46.1 Å². The molecule has 2 amide bonds. The van der Waals surface area contributed by atoms with Gasteiger partial charge in [0.05, 0.1) is 0 Å². The second kappa shape index (κ2) is 5.23. The van der Waals surface area contributed by atoms with Crippen LogP contribution in [0.25, 0.3) is 0 Å². The lowest BCUT2D eigenvalue weighted by atomic mass is 9.94. The quantitative estimate of drug-likeness (QED) is 0.716. The van der Waals surface area contributed by atoms with Gasteiger partial charge in [-0.2, -0.15) is 0 Å². The van der Waals surface area contributed by atoms with E-state index in [0.29, 0.717) is 18.5 Å². The minimum absolute atomic E-state index is 0.0129. The Morgan fingerprint density at radius 3 is 2.57 bits per heavy atom. The summed E-state index contributed by atoms with van der Waals surface area (Å²) in [6.07, 6.45) is 3.63. The summed E-state index contributed by atoms with van der Waals surface area (Å²) in [5.41, 5.74) is 0. The van der Waals surface area contributed by atoms with E-state index in [0.717, 1.165) is 12.3 Å². The van der Waals surface area contributed by atoms with Gasteiger partial charge in [0, 0.05) is 12.6 Å². The van der Waals surface area contributed by atoms with Gasteiger partial charge in [0.25, 0.3) is 0 Å². The van der Waals surface area contributed by atoms with Gasteiger partial charge < -0.3 is 10.6 Å². The lowest BCUT2D eigenvalue weighted by Gasteiger charge is -2.20. The first-order valence-corrected chi connectivity index (χ1v) is 5.73. The third-order valence-electron chi connectivity index (χ3n) is 3.40. The van der Waals surface area contributed by atoms with Crippen LogP contribution in [0.5, 0.6) is 0 Å². The molecule has 0 aromatic carbocycles. The van der Waals surface area contributed by atoms with E-state index in [1.165, 1.54) is 12.8 Å². The third kappa shape index (κ3) is 2.63. The van der Waals surface area contributed by atoms with E-state index in [1.54, 1.807) is 0 Å². The maximum atomic E-state index is 11.3. The van der Waals surface area contributed by atoms with E-state index in [4.69, 9.17) is 0 Å². The van der Waals surface area contributed by atoms with Crippen LogP contribution in [0.4, 0.5) is 4.79 Å². The zero-order valence-corrected chi connectivity index (χ0v) is 9.47. The average Bonchev–Trinajstić information content (AvgIpc) is 2.48. The zero-order valence-electron chi connectivity index (χ0n) is 9.47. The van der Waals surface area contributed by atoms with Crippen LogP contribution in [-0.4, -0.2) is 18.6 Å². The average molecular weight is 198 g/mol. The zero-order chi connectivity index (χ0) is 10.6. The van der Waals surface area contributed by atoms with Crippen LogP contribution in [0.1, 0.15) is 40.0 Å². The fraction of sp³-hybridized carbons (Fsp3) is 0.909. The molecule has 0 aliphatic heterocycles. The Labute approximate surface area is 86.6 Å². The van der Waals surface area contributed by atoms with Crippen molar-refractivity contribution in [1.29, 1.82) is 0 Å². The molecule has 1 aliphatic carbocycles. The Morgan fingerprint density at radius 2 is 2.07 bits per heavy atom. The molecule has 0 spiro atoms. The monoisotopic (exact) mass is 198 g/mol. The first-order chi connectivity index (χ1) is 6.69. The number of rotatable bonds is 3. The fourth-order valence-electron chi connectivity index (χ4n) is 2.41. The topological polar surface area (TPSA) is 41.1 Å². The summed E-state index contributed by atoms with van der Waals surface area (Å²) in [4.78, 5) is 11.3. The van der Waals surface area contributed by atoms with Gasteiger partial charge in [-0.15, -0.1) is 0 Å². The van der Waals surface area contributed by atoms with Crippen molar-refractivity contribution in [1.82, 2.24) is 10.6 Å². The molecule has 0 aromatic rings. The van der Waals surface area contributed by atoms with E-state index in [-0.39, 0.29) is 6.03 Å². The second-order valence-corrected chi connectivity index (χ2v) is 4.22. The molecule has 1 saturated carbocycles. The van der Waals surface area contributed by atoms with Crippen LogP contribution < -0.4 is 10.6 Å². The number of carbonyl (C=O) groups is 1. The SMILES string of the molecule is CCNC(=O)NC1CCC(CC)C1C. The van der Waals surface area contributed by atoms with Gasteiger partial charge in [-0.3, -0.25) is 0 Å². The molecule has 14 heavy (non-hydrogen) atoms. The van der Waals surface area contributed by atoms with Crippen LogP contribution in [0.3, 0.4) is 0 Å². The van der Waals surface area contributed by atoms with Crippen molar-refractivity contribution in [2.75, 3.05) is 6.54 Å². The molecule has 0 saturated heterocycles. The molecule has 3 unspecified atom stereocenters. The lowest BCUT2D eigenvalue weighted by molar-refractivity contribution is 0.232. The number of urea groups is 1. The van der Waals surface area contributed by atoms with Crippen molar-refractivity contribution in [2.24, 2.45) is 11.8 Å². The standard InChI is InChI=1S/C11H22N2O/c1-4-9-6-7-10(8(9)3)13-11(14)12-5-2/h8-10H,4-7H2,1-3H3,(H2,12,13,14). The molecule has 2 N–H and O–H groups in total. The Hall–Kier alpha value is -0.730. The Morgan fingerprint density at radius 1 is 1.36 bits per heavy atom. The van der Waals surface area contributed by atoms with Crippen molar-refractivity contribution in [3.8, 4) is 0 Å². The predicted octanol–water partition coefficient (Wildman–Crippen LogP) is 2.13. The Kier molecular flexibility index (Phi) is 4.23. The summed E-state index contributed by atoms with van der Waals surface area (Å²) in [7, 11) is 0. The number of hydrogen-bond donors (Lipinski definition) is 2. The van der Waals surface area contributed by atoms with E-state index in [1.807, 2.05) is 6.92 Å². The lowest BCUT2D eigenvalue weighted by Crippen LogP contribution is -2.43. The second-order valence-electron chi connectivity index (χ2n) is 4.22. The van der Waals surface area contributed by atoms with Gasteiger partial charge >= 0.3 is 6.03 Å². The highest BCUT2D eigenvalue weighted by atomic mass is 16.2. The van der Waals surface area contributed by atoms with Gasteiger partial charge in [0.2, 0.25) is 0 Å². The first-order valence-electron chi connectivity index (χ1n) is 5.73. The van der Waals surface area contributed by atoms with E-state index in [9.17, 15) is 4.79 Å². The molecule has 0 aromatic heterocycles. The third-order valence-corrected chi connectivity index (χ3v) is 3.40. The molecule has 1 rings (SSSR count). The molecule has 0 radical (unpaired) electrons. The van der Waals surface area contributed by atoms with Crippen molar-refractivity contribution in [3.05, 3.63) is 0 Å². The van der Waals surface area contributed by atoms with Crippen LogP contribution in [0, 0.1) is 11.8 Å². The number of amides is 2. The van der Waals surface area contributed by atoms with Crippen LogP contribution in [0.15, 0.2) is 0 Å². The Balaban J connectivity index is 2.36. The number of carbonyl (C=O) groups excluding carboxylic acids is 1. The van der Waals surface area contributed by atoms with Gasteiger partial charge in [-0.25, -0.2) is 4.79 Å². The molecule has 1 fully saturated rings. The summed E-state index contributed by atoms with van der Waals surface area (Å²) in [5.74, 6) is 1.42. The largest absolute Gasteiger partial charge is 0.338 e. The summed E-state index contributed by atoms with van der Waals surface area (Å²) in [5, 5.41) is 5.82. The molecular formula is C11H22N2O. The van der Waals surface area contributed by atoms with Gasteiger partial charge in [-0.05, 0) is 31.6 Å². The maximum absolute atomic E-state index is 11.3. The summed E-state index contributed by atoms with van der Waals surface area (Å²) >= 11 is 0.